The number of rotatable bonds is 3. The second kappa shape index (κ2) is 4.77. The molecule has 0 aliphatic carbocycles. The minimum absolute atomic E-state index is 0.100. The molecule has 1 aliphatic heterocycles. The van der Waals surface area contributed by atoms with E-state index < -0.39 is 4.92 Å². The number of aromatic nitrogens is 2. The molecule has 1 aromatic rings. The standard InChI is InChI=1S/C8H10ClN3O4/c9-7-3-8(12(13)14)11(10-7)4-6-5-15-1-2-16-6/h3,6H,1-2,4-5H2/t6-/m1/s1. The van der Waals surface area contributed by atoms with Crippen LogP contribution in [0.3, 0.4) is 0 Å². The van der Waals surface area contributed by atoms with Crippen LogP contribution < -0.4 is 0 Å². The molecule has 1 aromatic heterocycles. The molecule has 1 atom stereocenters. The van der Waals surface area contributed by atoms with Crippen LogP contribution in [0.1, 0.15) is 0 Å². The predicted molar refractivity (Wildman–Crippen MR) is 54.5 cm³/mol. The van der Waals surface area contributed by atoms with Gasteiger partial charge in [-0.1, -0.05) is 16.7 Å². The van der Waals surface area contributed by atoms with Crippen molar-refractivity contribution in [3.8, 4) is 0 Å². The monoisotopic (exact) mass is 247 g/mol. The van der Waals surface area contributed by atoms with Crippen molar-refractivity contribution in [2.24, 2.45) is 0 Å². The van der Waals surface area contributed by atoms with E-state index in [0.29, 0.717) is 19.8 Å². The fraction of sp³-hybridized carbons (Fsp3) is 0.625. The number of ether oxygens (including phenoxy) is 2. The molecule has 0 unspecified atom stereocenters. The molecule has 0 N–H and O–H groups in total. The highest BCUT2D eigenvalue weighted by Crippen LogP contribution is 2.18. The van der Waals surface area contributed by atoms with E-state index in [-0.39, 0.29) is 23.6 Å². The van der Waals surface area contributed by atoms with Gasteiger partial charge in [-0.2, -0.15) is 0 Å². The molecule has 8 heteroatoms. The van der Waals surface area contributed by atoms with Gasteiger partial charge in [0, 0.05) is 0 Å². The zero-order chi connectivity index (χ0) is 11.5. The van der Waals surface area contributed by atoms with E-state index in [1.54, 1.807) is 0 Å². The third kappa shape index (κ3) is 2.49. The molecule has 0 saturated carbocycles. The largest absolute Gasteiger partial charge is 0.376 e. The maximum atomic E-state index is 10.7. The number of hydrogen-bond acceptors (Lipinski definition) is 5. The summed E-state index contributed by atoms with van der Waals surface area (Å²) in [5, 5.41) is 14.6. The average molecular weight is 248 g/mol. The molecule has 2 rings (SSSR count). The minimum Gasteiger partial charge on any atom is -0.376 e. The SMILES string of the molecule is O=[N+]([O-])c1cc(Cl)nn1C[C@@H]1COCCO1. The lowest BCUT2D eigenvalue weighted by molar-refractivity contribution is -0.393. The summed E-state index contributed by atoms with van der Waals surface area (Å²) in [7, 11) is 0. The number of hydrogen-bond donors (Lipinski definition) is 0. The molecular weight excluding hydrogens is 238 g/mol. The van der Waals surface area contributed by atoms with Crippen LogP contribution in [0.25, 0.3) is 0 Å². The Balaban J connectivity index is 2.10. The van der Waals surface area contributed by atoms with Crippen LogP contribution in [0.5, 0.6) is 0 Å². The van der Waals surface area contributed by atoms with Gasteiger partial charge in [0.1, 0.15) is 12.6 Å². The zero-order valence-electron chi connectivity index (χ0n) is 8.34. The molecule has 1 fully saturated rings. The van der Waals surface area contributed by atoms with Crippen LogP contribution in [0.4, 0.5) is 5.82 Å². The Morgan fingerprint density at radius 2 is 2.50 bits per heavy atom. The van der Waals surface area contributed by atoms with Crippen molar-refractivity contribution >= 4 is 17.4 Å². The van der Waals surface area contributed by atoms with Gasteiger partial charge in [0.2, 0.25) is 0 Å². The van der Waals surface area contributed by atoms with Crippen LogP contribution in [0, 0.1) is 10.1 Å². The summed E-state index contributed by atoms with van der Waals surface area (Å²) in [5.41, 5.74) is 0. The maximum absolute atomic E-state index is 10.7. The van der Waals surface area contributed by atoms with Gasteiger partial charge in [0.25, 0.3) is 0 Å². The molecular formula is C8H10ClN3O4. The van der Waals surface area contributed by atoms with Crippen molar-refractivity contribution in [3.63, 3.8) is 0 Å². The van der Waals surface area contributed by atoms with Gasteiger partial charge in [-0.15, -0.1) is 4.68 Å². The minimum atomic E-state index is -0.525. The van der Waals surface area contributed by atoms with Crippen molar-refractivity contribution in [2.75, 3.05) is 19.8 Å². The Morgan fingerprint density at radius 1 is 1.69 bits per heavy atom. The molecule has 7 nitrogen and oxygen atoms in total. The lowest BCUT2D eigenvalue weighted by atomic mass is 10.3. The molecule has 0 amide bonds. The first kappa shape index (κ1) is 11.3. The molecule has 0 bridgehead atoms. The van der Waals surface area contributed by atoms with Crippen LogP contribution in [-0.2, 0) is 16.0 Å². The average Bonchev–Trinajstić information content (AvgIpc) is 2.61. The summed E-state index contributed by atoms with van der Waals surface area (Å²) in [6.45, 7) is 1.73. The Hall–Kier alpha value is -1.18. The Kier molecular flexibility index (Phi) is 3.37. The normalized spacial score (nSPS) is 20.9. The summed E-state index contributed by atoms with van der Waals surface area (Å²) in [6.07, 6.45) is -0.219. The van der Waals surface area contributed by atoms with Crippen LogP contribution >= 0.6 is 11.6 Å². The summed E-state index contributed by atoms with van der Waals surface area (Å²) in [6, 6.07) is 1.21. The lowest BCUT2D eigenvalue weighted by Crippen LogP contribution is -2.32. The molecule has 88 valence electrons. The molecule has 2 heterocycles. The Morgan fingerprint density at radius 3 is 3.12 bits per heavy atom. The molecule has 0 aromatic carbocycles. The zero-order valence-corrected chi connectivity index (χ0v) is 9.09. The highest BCUT2D eigenvalue weighted by Gasteiger charge is 2.23. The second-order valence-corrected chi connectivity index (χ2v) is 3.72. The van der Waals surface area contributed by atoms with E-state index in [0.717, 1.165) is 0 Å². The van der Waals surface area contributed by atoms with Gasteiger partial charge in [0.15, 0.2) is 5.15 Å². The summed E-state index contributed by atoms with van der Waals surface area (Å²) in [5.74, 6) is -0.140. The highest BCUT2D eigenvalue weighted by atomic mass is 35.5. The molecule has 0 radical (unpaired) electrons. The van der Waals surface area contributed by atoms with E-state index in [2.05, 4.69) is 5.10 Å². The van der Waals surface area contributed by atoms with Crippen molar-refractivity contribution in [1.82, 2.24) is 9.78 Å². The van der Waals surface area contributed by atoms with E-state index in [1.165, 1.54) is 10.7 Å². The van der Waals surface area contributed by atoms with E-state index in [4.69, 9.17) is 21.1 Å². The number of nitrogens with zero attached hydrogens (tertiary/aromatic N) is 3. The predicted octanol–water partition coefficient (Wildman–Crippen LogP) is 0.860. The summed E-state index contributed by atoms with van der Waals surface area (Å²) >= 11 is 5.62. The van der Waals surface area contributed by atoms with Crippen LogP contribution in [0.15, 0.2) is 6.07 Å². The maximum Gasteiger partial charge on any atom is 0.346 e. The van der Waals surface area contributed by atoms with E-state index in [1.807, 2.05) is 0 Å². The third-order valence-corrected chi connectivity index (χ3v) is 2.36. The third-order valence-electron chi connectivity index (χ3n) is 2.18. The quantitative estimate of drug-likeness (QED) is 0.585. The van der Waals surface area contributed by atoms with E-state index >= 15 is 0 Å². The van der Waals surface area contributed by atoms with Gasteiger partial charge < -0.3 is 19.6 Å². The van der Waals surface area contributed by atoms with Crippen LogP contribution in [0.2, 0.25) is 5.15 Å². The number of nitro groups is 1. The van der Waals surface area contributed by atoms with Gasteiger partial charge >= 0.3 is 5.82 Å². The molecule has 1 aliphatic rings. The fourth-order valence-electron chi connectivity index (χ4n) is 1.49. The van der Waals surface area contributed by atoms with Gasteiger partial charge in [0.05, 0.1) is 25.9 Å². The molecule has 0 spiro atoms. The Bertz CT molecular complexity index is 389. The van der Waals surface area contributed by atoms with Crippen molar-refractivity contribution in [3.05, 3.63) is 21.3 Å². The van der Waals surface area contributed by atoms with Crippen molar-refractivity contribution in [2.45, 2.75) is 12.6 Å². The topological polar surface area (TPSA) is 79.4 Å². The van der Waals surface area contributed by atoms with Crippen molar-refractivity contribution in [1.29, 1.82) is 0 Å². The molecule has 16 heavy (non-hydrogen) atoms. The lowest BCUT2D eigenvalue weighted by Gasteiger charge is -2.20. The van der Waals surface area contributed by atoms with Gasteiger partial charge in [-0.3, -0.25) is 0 Å². The van der Waals surface area contributed by atoms with E-state index in [9.17, 15) is 10.1 Å². The summed E-state index contributed by atoms with van der Waals surface area (Å²) < 4.78 is 11.8. The first-order chi connectivity index (χ1) is 7.66. The van der Waals surface area contributed by atoms with Gasteiger partial charge in [-0.05, 0) is 4.92 Å². The summed E-state index contributed by atoms with van der Waals surface area (Å²) in [4.78, 5) is 10.2. The number of halogens is 1. The first-order valence-corrected chi connectivity index (χ1v) is 5.11. The highest BCUT2D eigenvalue weighted by molar-refractivity contribution is 6.29. The second-order valence-electron chi connectivity index (χ2n) is 3.33. The smallest absolute Gasteiger partial charge is 0.346 e. The first-order valence-electron chi connectivity index (χ1n) is 4.74. The fourth-order valence-corrected chi connectivity index (χ4v) is 1.68. The van der Waals surface area contributed by atoms with Gasteiger partial charge in [-0.25, -0.2) is 0 Å². The molecule has 1 saturated heterocycles. The van der Waals surface area contributed by atoms with Crippen molar-refractivity contribution < 1.29 is 14.4 Å². The Labute approximate surface area is 96.0 Å². The van der Waals surface area contributed by atoms with Crippen LogP contribution in [-0.4, -0.2) is 40.6 Å².